The summed E-state index contributed by atoms with van der Waals surface area (Å²) in [6.07, 6.45) is 2.01. The van der Waals surface area contributed by atoms with Gasteiger partial charge in [-0.15, -0.1) is 0 Å². The number of sulfonamides is 1. The predicted octanol–water partition coefficient (Wildman–Crippen LogP) is 1.98. The third kappa shape index (κ3) is 4.58. The molecular weight excluding hydrogens is 272 g/mol. The van der Waals surface area contributed by atoms with E-state index in [9.17, 15) is 8.42 Å². The van der Waals surface area contributed by atoms with Gasteiger partial charge in [0.05, 0.1) is 5.75 Å². The van der Waals surface area contributed by atoms with Crippen molar-refractivity contribution in [3.05, 3.63) is 35.4 Å². The maximum atomic E-state index is 12.0. The molecule has 5 heteroatoms. The summed E-state index contributed by atoms with van der Waals surface area (Å²) in [4.78, 5) is 0. The minimum Gasteiger partial charge on any atom is -0.313 e. The Morgan fingerprint density at radius 2 is 2.00 bits per heavy atom. The number of hydrogen-bond donors (Lipinski definition) is 2. The third-order valence-electron chi connectivity index (χ3n) is 3.73. The van der Waals surface area contributed by atoms with Crippen LogP contribution in [0.3, 0.4) is 0 Å². The van der Waals surface area contributed by atoms with Crippen LogP contribution in [0, 0.1) is 0 Å². The molecule has 1 aromatic carbocycles. The fourth-order valence-corrected chi connectivity index (χ4v) is 3.76. The summed E-state index contributed by atoms with van der Waals surface area (Å²) in [5, 5.41) is 3.21. The molecule has 1 fully saturated rings. The zero-order chi connectivity index (χ0) is 14.6. The highest BCUT2D eigenvalue weighted by atomic mass is 32.2. The number of nitrogens with one attached hydrogen (secondary N) is 2. The lowest BCUT2D eigenvalue weighted by molar-refractivity contribution is 0.563. The highest BCUT2D eigenvalue weighted by Gasteiger charge is 2.21. The lowest BCUT2D eigenvalue weighted by Crippen LogP contribution is -2.36. The van der Waals surface area contributed by atoms with Crippen LogP contribution in [-0.4, -0.2) is 26.8 Å². The van der Waals surface area contributed by atoms with Gasteiger partial charge in [-0.1, -0.05) is 38.1 Å². The van der Waals surface area contributed by atoms with Crippen LogP contribution in [0.2, 0.25) is 0 Å². The first-order chi connectivity index (χ1) is 9.46. The molecule has 1 atom stereocenters. The highest BCUT2D eigenvalue weighted by Crippen LogP contribution is 2.15. The first-order valence-electron chi connectivity index (χ1n) is 7.26. The molecule has 0 radical (unpaired) electrons. The lowest BCUT2D eigenvalue weighted by Gasteiger charge is -2.12. The van der Waals surface area contributed by atoms with Crippen LogP contribution in [0.25, 0.3) is 0 Å². The van der Waals surface area contributed by atoms with Crippen LogP contribution in [-0.2, 0) is 16.6 Å². The first-order valence-corrected chi connectivity index (χ1v) is 8.91. The average Bonchev–Trinajstić information content (AvgIpc) is 2.89. The van der Waals surface area contributed by atoms with Crippen molar-refractivity contribution in [3.8, 4) is 0 Å². The van der Waals surface area contributed by atoms with Crippen LogP contribution in [0.1, 0.15) is 43.7 Å². The van der Waals surface area contributed by atoms with E-state index >= 15 is 0 Å². The summed E-state index contributed by atoms with van der Waals surface area (Å²) in [5.74, 6) is 0.672. The van der Waals surface area contributed by atoms with Crippen molar-refractivity contribution < 1.29 is 8.42 Å². The first kappa shape index (κ1) is 15.5. The summed E-state index contributed by atoms with van der Waals surface area (Å²) in [6, 6.07) is 8.22. The summed E-state index contributed by atoms with van der Waals surface area (Å²) < 4.78 is 26.7. The molecule has 2 rings (SSSR count). The molecule has 0 aromatic heterocycles. The number of hydrogen-bond acceptors (Lipinski definition) is 3. The van der Waals surface area contributed by atoms with Crippen LogP contribution in [0.5, 0.6) is 0 Å². The van der Waals surface area contributed by atoms with Crippen molar-refractivity contribution in [2.45, 2.75) is 45.2 Å². The van der Waals surface area contributed by atoms with Gasteiger partial charge in [0.1, 0.15) is 0 Å². The lowest BCUT2D eigenvalue weighted by atomic mass is 10.0. The molecule has 1 unspecified atom stereocenters. The molecule has 1 saturated heterocycles. The second-order valence-electron chi connectivity index (χ2n) is 5.79. The van der Waals surface area contributed by atoms with E-state index in [1.165, 1.54) is 5.56 Å². The summed E-state index contributed by atoms with van der Waals surface area (Å²) in [5.41, 5.74) is 2.27. The highest BCUT2D eigenvalue weighted by molar-refractivity contribution is 7.89. The summed E-state index contributed by atoms with van der Waals surface area (Å²) in [7, 11) is -3.20. The smallest absolute Gasteiger partial charge is 0.213 e. The normalized spacial score (nSPS) is 19.6. The minimum atomic E-state index is -3.20. The summed E-state index contributed by atoms with van der Waals surface area (Å²) in [6.45, 7) is 5.59. The van der Waals surface area contributed by atoms with E-state index in [1.54, 1.807) is 0 Å². The van der Waals surface area contributed by atoms with E-state index < -0.39 is 10.0 Å². The largest absolute Gasteiger partial charge is 0.313 e. The van der Waals surface area contributed by atoms with E-state index in [0.717, 1.165) is 24.9 Å². The van der Waals surface area contributed by atoms with Crippen molar-refractivity contribution in [2.75, 3.05) is 12.3 Å². The van der Waals surface area contributed by atoms with Crippen LogP contribution in [0.4, 0.5) is 0 Å². The molecule has 2 N–H and O–H groups in total. The topological polar surface area (TPSA) is 58.2 Å². The second kappa shape index (κ2) is 6.70. The Balaban J connectivity index is 1.87. The molecule has 1 heterocycles. The van der Waals surface area contributed by atoms with Crippen LogP contribution in [0.15, 0.2) is 24.3 Å². The van der Waals surface area contributed by atoms with E-state index in [4.69, 9.17) is 0 Å². The molecule has 1 aliphatic heterocycles. The van der Waals surface area contributed by atoms with Gasteiger partial charge in [0.2, 0.25) is 10.0 Å². The molecule has 1 aliphatic rings. The SMILES string of the molecule is CC(C)c1ccc(CNS(=O)(=O)CC2CCCN2)cc1. The molecule has 0 bridgehead atoms. The van der Waals surface area contributed by atoms with E-state index in [1.807, 2.05) is 12.1 Å². The number of benzene rings is 1. The zero-order valence-electron chi connectivity index (χ0n) is 12.2. The standard InChI is InChI=1S/C15H24N2O2S/c1-12(2)14-7-5-13(6-8-14)10-17-20(18,19)11-15-4-3-9-16-15/h5-8,12,15-17H,3-4,9-11H2,1-2H3. The molecule has 0 spiro atoms. The van der Waals surface area contributed by atoms with Gasteiger partial charge in [-0.05, 0) is 36.4 Å². The van der Waals surface area contributed by atoms with Gasteiger partial charge in [0.25, 0.3) is 0 Å². The molecule has 4 nitrogen and oxygen atoms in total. The predicted molar refractivity (Wildman–Crippen MR) is 82.2 cm³/mol. The molecule has 0 saturated carbocycles. The van der Waals surface area contributed by atoms with Gasteiger partial charge in [-0.3, -0.25) is 0 Å². The Bertz CT molecular complexity index is 517. The Morgan fingerprint density at radius 3 is 2.55 bits per heavy atom. The number of rotatable bonds is 6. The van der Waals surface area contributed by atoms with Gasteiger partial charge >= 0.3 is 0 Å². The van der Waals surface area contributed by atoms with E-state index in [0.29, 0.717) is 12.5 Å². The fraction of sp³-hybridized carbons (Fsp3) is 0.600. The molecule has 112 valence electrons. The fourth-order valence-electron chi connectivity index (χ4n) is 2.44. The maximum absolute atomic E-state index is 12.0. The van der Waals surface area contributed by atoms with Crippen LogP contribution >= 0.6 is 0 Å². The Morgan fingerprint density at radius 1 is 1.30 bits per heavy atom. The molecule has 20 heavy (non-hydrogen) atoms. The Hall–Kier alpha value is -0.910. The molecule has 0 amide bonds. The van der Waals surface area contributed by atoms with Crippen LogP contribution < -0.4 is 10.0 Å². The average molecular weight is 296 g/mol. The quantitative estimate of drug-likeness (QED) is 0.844. The van der Waals surface area contributed by atoms with E-state index in [-0.39, 0.29) is 11.8 Å². The zero-order valence-corrected chi connectivity index (χ0v) is 13.0. The van der Waals surface area contributed by atoms with Gasteiger partial charge in [0, 0.05) is 12.6 Å². The van der Waals surface area contributed by atoms with Crippen molar-refractivity contribution in [1.29, 1.82) is 0 Å². The molecule has 0 aliphatic carbocycles. The van der Waals surface area contributed by atoms with Crippen molar-refractivity contribution >= 4 is 10.0 Å². The third-order valence-corrected chi connectivity index (χ3v) is 5.15. The van der Waals surface area contributed by atoms with Crippen molar-refractivity contribution in [1.82, 2.24) is 10.0 Å². The Kier molecular flexibility index (Phi) is 5.18. The van der Waals surface area contributed by atoms with Gasteiger partial charge in [-0.2, -0.15) is 0 Å². The van der Waals surface area contributed by atoms with Gasteiger partial charge in [-0.25, -0.2) is 13.1 Å². The van der Waals surface area contributed by atoms with Crippen molar-refractivity contribution in [3.63, 3.8) is 0 Å². The second-order valence-corrected chi connectivity index (χ2v) is 7.64. The summed E-state index contributed by atoms with van der Waals surface area (Å²) >= 11 is 0. The molecule has 1 aromatic rings. The van der Waals surface area contributed by atoms with E-state index in [2.05, 4.69) is 36.0 Å². The Labute approximate surface area is 122 Å². The van der Waals surface area contributed by atoms with Crippen molar-refractivity contribution in [2.24, 2.45) is 0 Å². The minimum absolute atomic E-state index is 0.107. The maximum Gasteiger partial charge on any atom is 0.213 e. The van der Waals surface area contributed by atoms with Gasteiger partial charge in [0.15, 0.2) is 0 Å². The van der Waals surface area contributed by atoms with Gasteiger partial charge < -0.3 is 5.32 Å². The monoisotopic (exact) mass is 296 g/mol. The molecular formula is C15H24N2O2S.